The Balaban J connectivity index is 0.000000293. The summed E-state index contributed by atoms with van der Waals surface area (Å²) in [5.41, 5.74) is 13.5. The minimum absolute atomic E-state index is 0. The van der Waals surface area contributed by atoms with Crippen molar-refractivity contribution >= 4 is 20.2 Å². The fraction of sp³-hybridized carbons (Fsp3) is 0.447. The number of nitrogen functional groups attached to an aromatic ring is 1. The maximum atomic E-state index is 6.22. The van der Waals surface area contributed by atoms with Crippen molar-refractivity contribution in [2.45, 2.75) is 130 Å². The molecule has 4 aromatic rings. The molecule has 0 heterocycles. The van der Waals surface area contributed by atoms with E-state index in [1.54, 1.807) is 7.11 Å². The summed E-state index contributed by atoms with van der Waals surface area (Å²) in [6, 6.07) is 29.4. The molecule has 5 heteroatoms. The number of hydrogen-bond donors (Lipinski definition) is 1. The number of hydrogen-bond acceptors (Lipinski definition) is 3. The van der Waals surface area contributed by atoms with Crippen molar-refractivity contribution in [1.29, 1.82) is 0 Å². The van der Waals surface area contributed by atoms with Gasteiger partial charge in [0.15, 0.2) is 0 Å². The quantitative estimate of drug-likeness (QED) is 0.0913. The van der Waals surface area contributed by atoms with E-state index in [4.69, 9.17) is 15.2 Å². The zero-order valence-corrected chi connectivity index (χ0v) is 35.9. The van der Waals surface area contributed by atoms with E-state index in [1.807, 2.05) is 60.7 Å². The summed E-state index contributed by atoms with van der Waals surface area (Å²) in [4.78, 5) is 0. The second kappa shape index (κ2) is 23.9. The van der Waals surface area contributed by atoms with E-state index in [9.17, 15) is 0 Å². The molecule has 0 radical (unpaired) electrons. The van der Waals surface area contributed by atoms with Gasteiger partial charge in [-0.15, -0.1) is 45.1 Å². The van der Waals surface area contributed by atoms with Gasteiger partial charge in [-0.05, 0) is 73.2 Å². The first kappa shape index (κ1) is 45.5. The van der Waals surface area contributed by atoms with Gasteiger partial charge in [-0.3, -0.25) is 0 Å². The van der Waals surface area contributed by atoms with Crippen molar-refractivity contribution in [3.63, 3.8) is 0 Å². The Morgan fingerprint density at radius 1 is 0.673 bits per heavy atom. The minimum Gasteiger partial charge on any atom is -0.496 e. The van der Waals surface area contributed by atoms with Crippen molar-refractivity contribution < 1.29 is 29.9 Å². The predicted molar refractivity (Wildman–Crippen MR) is 226 cm³/mol. The van der Waals surface area contributed by atoms with E-state index >= 15 is 0 Å². The Labute approximate surface area is 334 Å². The monoisotopic (exact) mass is 812 g/mol. The van der Waals surface area contributed by atoms with E-state index in [0.717, 1.165) is 39.2 Å². The molecule has 0 saturated heterocycles. The van der Waals surface area contributed by atoms with Crippen LogP contribution in [0.5, 0.6) is 11.5 Å². The van der Waals surface area contributed by atoms with Gasteiger partial charge >= 0.3 is 0 Å². The van der Waals surface area contributed by atoms with Crippen molar-refractivity contribution in [3.8, 4) is 33.8 Å². The Hall–Kier alpha value is -2.63. The molecule has 0 amide bonds. The molecule has 1 unspecified atom stereocenters. The van der Waals surface area contributed by atoms with Gasteiger partial charge < -0.3 is 28.0 Å². The van der Waals surface area contributed by atoms with Gasteiger partial charge in [0.25, 0.3) is 0 Å². The largest absolute Gasteiger partial charge is 0.496 e. The summed E-state index contributed by atoms with van der Waals surface area (Å²) in [5.74, 6) is 2.60. The molecule has 2 saturated carbocycles. The molecule has 4 aromatic carbocycles. The molecule has 2 fully saturated rings. The number of methoxy groups -OCH3 is 1. The fourth-order valence-corrected chi connectivity index (χ4v) is 6.81. The fourth-order valence-electron chi connectivity index (χ4n) is 6.37. The van der Waals surface area contributed by atoms with Crippen LogP contribution in [-0.2, 0) is 20.4 Å². The minimum atomic E-state index is -0.254. The summed E-state index contributed by atoms with van der Waals surface area (Å²) in [5, 5.41) is 1.05. The van der Waals surface area contributed by atoms with Crippen LogP contribution in [0.25, 0.3) is 22.3 Å². The molecule has 0 aromatic heterocycles. The Bertz CT molecular complexity index is 1510. The van der Waals surface area contributed by atoms with Crippen LogP contribution in [0.15, 0.2) is 78.9 Å². The first-order chi connectivity index (χ1) is 24.4. The summed E-state index contributed by atoms with van der Waals surface area (Å²) < 4.78 is 12.0. The smallest absolute Gasteiger partial charge is 0.128 e. The maximum Gasteiger partial charge on any atom is 0.128 e. The third-order valence-corrected chi connectivity index (χ3v) is 9.59. The second-order valence-corrected chi connectivity index (χ2v) is 15.7. The summed E-state index contributed by atoms with van der Waals surface area (Å²) in [6.07, 6.45) is 19.0. The number of ether oxygens (including phenoxy) is 2. The average Bonchev–Trinajstić information content (AvgIpc) is 3.14. The molecule has 0 spiro atoms. The summed E-state index contributed by atoms with van der Waals surface area (Å²) >= 11 is 0. The van der Waals surface area contributed by atoms with Crippen molar-refractivity contribution in [1.82, 2.24) is 0 Å². The van der Waals surface area contributed by atoms with Crippen LogP contribution in [0, 0.1) is 18.9 Å². The molecular formula is C47H65NO2PPd-3. The van der Waals surface area contributed by atoms with Gasteiger partial charge in [0.05, 0.1) is 7.11 Å². The topological polar surface area (TPSA) is 44.5 Å². The third kappa shape index (κ3) is 15.0. The van der Waals surface area contributed by atoms with Gasteiger partial charge in [-0.1, -0.05) is 108 Å². The standard InChI is InChI=1S/C23H33O2P.C12H10N.2C6H11.Pd/c1-14(2)16-10-9-11-17(15(3)4)20(16)21-18(24-8)12-13-19(22(21)26)25-23(5,6)7;13-12-9-5-4-8-11(12)10-6-2-1-3-7-10;2*1-2-4-6-5-3-1;/h9-15H,26H2,1-8H3;1-6,8-9H,13H2;2*1H,2-6H2;/q;3*-1;. The van der Waals surface area contributed by atoms with E-state index in [-0.39, 0.29) is 26.0 Å². The van der Waals surface area contributed by atoms with E-state index in [0.29, 0.717) is 11.8 Å². The molecule has 52 heavy (non-hydrogen) atoms. The molecular weight excluding hydrogens is 748 g/mol. The van der Waals surface area contributed by atoms with Crippen molar-refractivity contribution in [3.05, 3.63) is 109 Å². The molecule has 0 bridgehead atoms. The number of benzene rings is 4. The molecule has 2 aliphatic rings. The maximum absolute atomic E-state index is 6.22. The van der Waals surface area contributed by atoms with Crippen molar-refractivity contribution in [2.75, 3.05) is 12.8 Å². The molecule has 1 atom stereocenters. The number of rotatable bonds is 6. The third-order valence-electron chi connectivity index (χ3n) is 9.02. The normalized spacial score (nSPS) is 14.0. The summed E-state index contributed by atoms with van der Waals surface area (Å²) in [7, 11) is 4.62. The zero-order valence-electron chi connectivity index (χ0n) is 33.2. The van der Waals surface area contributed by atoms with Crippen LogP contribution in [0.4, 0.5) is 5.69 Å². The van der Waals surface area contributed by atoms with Crippen LogP contribution in [0.3, 0.4) is 0 Å². The van der Waals surface area contributed by atoms with E-state index in [1.165, 1.54) is 80.9 Å². The van der Waals surface area contributed by atoms with Gasteiger partial charge in [-0.2, -0.15) is 25.7 Å². The molecule has 2 N–H and O–H groups in total. The van der Waals surface area contributed by atoms with Crippen LogP contribution < -0.4 is 20.5 Å². The van der Waals surface area contributed by atoms with Gasteiger partial charge in [0.2, 0.25) is 0 Å². The van der Waals surface area contributed by atoms with Crippen LogP contribution >= 0.6 is 9.24 Å². The average molecular weight is 813 g/mol. The molecule has 288 valence electrons. The Morgan fingerprint density at radius 2 is 1.19 bits per heavy atom. The van der Waals surface area contributed by atoms with Crippen LogP contribution in [0.2, 0.25) is 0 Å². The first-order valence-electron chi connectivity index (χ1n) is 19.2. The summed E-state index contributed by atoms with van der Waals surface area (Å²) in [6.45, 7) is 15.2. The van der Waals surface area contributed by atoms with Gasteiger partial charge in [-0.25, -0.2) is 0 Å². The van der Waals surface area contributed by atoms with Crippen LogP contribution in [-0.4, -0.2) is 12.7 Å². The predicted octanol–water partition coefficient (Wildman–Crippen LogP) is 13.3. The molecule has 6 rings (SSSR count). The molecule has 0 aliphatic heterocycles. The van der Waals surface area contributed by atoms with E-state index in [2.05, 4.69) is 94.8 Å². The number of para-hydroxylation sites is 1. The van der Waals surface area contributed by atoms with Gasteiger partial charge in [0.1, 0.15) is 17.1 Å². The SMILES string of the molecule is COc1ccc(OC(C)(C)C)c(P)c1-c1c(C(C)C)cccc1C(C)C.Nc1ccccc1-c1[c-]cccc1.[CH-]1CCCCC1.[CH-]1CCCCC1.[Pd]. The molecule has 2 aliphatic carbocycles. The molecule has 3 nitrogen and oxygen atoms in total. The number of nitrogens with two attached hydrogens (primary N) is 1. The Morgan fingerprint density at radius 3 is 1.60 bits per heavy atom. The van der Waals surface area contributed by atoms with Crippen LogP contribution in [0.1, 0.15) is 136 Å². The van der Waals surface area contributed by atoms with Gasteiger partial charge in [0, 0.05) is 31.3 Å². The Kier molecular flexibility index (Phi) is 20.9. The van der Waals surface area contributed by atoms with Crippen molar-refractivity contribution in [2.24, 2.45) is 0 Å². The first-order valence-corrected chi connectivity index (χ1v) is 19.8. The zero-order chi connectivity index (χ0) is 37.2. The second-order valence-electron chi connectivity index (χ2n) is 15.1. The number of anilines is 1. The van der Waals surface area contributed by atoms with E-state index < -0.39 is 0 Å².